The van der Waals surface area contributed by atoms with Crippen LogP contribution in [-0.4, -0.2) is 28.5 Å². The SMILES string of the molecule is Cc1c(CN[C@H](CN2CCCC2=O)c2ccccc2)cc(C#N)n1C. The van der Waals surface area contributed by atoms with Gasteiger partial charge in [-0.2, -0.15) is 5.26 Å². The molecule has 130 valence electrons. The minimum absolute atomic E-state index is 0.0772. The Bertz CT molecular complexity index is 788. The first-order valence-corrected chi connectivity index (χ1v) is 8.71. The van der Waals surface area contributed by atoms with Gasteiger partial charge in [0.1, 0.15) is 11.8 Å². The number of carbonyl (C=O) groups is 1. The second kappa shape index (κ2) is 7.54. The van der Waals surface area contributed by atoms with Crippen molar-refractivity contribution in [2.24, 2.45) is 7.05 Å². The first-order chi connectivity index (χ1) is 12.1. The third-order valence-electron chi connectivity index (χ3n) is 5.07. The van der Waals surface area contributed by atoms with Gasteiger partial charge in [-0.3, -0.25) is 4.79 Å². The van der Waals surface area contributed by atoms with E-state index < -0.39 is 0 Å². The van der Waals surface area contributed by atoms with Crippen molar-refractivity contribution in [2.45, 2.75) is 32.4 Å². The van der Waals surface area contributed by atoms with E-state index in [1.807, 2.05) is 47.7 Å². The Labute approximate surface area is 148 Å². The topological polar surface area (TPSA) is 61.1 Å². The van der Waals surface area contributed by atoms with E-state index in [0.717, 1.165) is 24.2 Å². The molecule has 2 aromatic rings. The van der Waals surface area contributed by atoms with Crippen LogP contribution >= 0.6 is 0 Å². The Balaban J connectivity index is 1.76. The molecule has 5 nitrogen and oxygen atoms in total. The van der Waals surface area contributed by atoms with Crippen LogP contribution in [0.5, 0.6) is 0 Å². The van der Waals surface area contributed by atoms with Gasteiger partial charge in [-0.25, -0.2) is 0 Å². The van der Waals surface area contributed by atoms with Crippen molar-refractivity contribution in [1.29, 1.82) is 5.26 Å². The largest absolute Gasteiger partial charge is 0.341 e. The highest BCUT2D eigenvalue weighted by molar-refractivity contribution is 5.78. The summed E-state index contributed by atoms with van der Waals surface area (Å²) in [6.45, 7) is 4.22. The lowest BCUT2D eigenvalue weighted by Crippen LogP contribution is -2.35. The molecule has 1 fully saturated rings. The highest BCUT2D eigenvalue weighted by atomic mass is 16.2. The Morgan fingerprint density at radius 1 is 1.32 bits per heavy atom. The van der Waals surface area contributed by atoms with Crippen molar-refractivity contribution in [3.05, 3.63) is 58.9 Å². The summed E-state index contributed by atoms with van der Waals surface area (Å²) >= 11 is 0. The van der Waals surface area contributed by atoms with E-state index in [1.165, 1.54) is 5.56 Å². The molecule has 2 heterocycles. The zero-order chi connectivity index (χ0) is 17.8. The molecule has 1 aromatic carbocycles. The number of nitrogens with one attached hydrogen (secondary N) is 1. The highest BCUT2D eigenvalue weighted by Gasteiger charge is 2.24. The molecule has 0 unspecified atom stereocenters. The average Bonchev–Trinajstić information content (AvgIpc) is 3.16. The molecule has 0 aliphatic carbocycles. The average molecular weight is 336 g/mol. The number of nitriles is 1. The minimum atomic E-state index is 0.0772. The third kappa shape index (κ3) is 3.75. The van der Waals surface area contributed by atoms with Gasteiger partial charge < -0.3 is 14.8 Å². The molecule has 1 N–H and O–H groups in total. The number of carbonyl (C=O) groups excluding carboxylic acids is 1. The third-order valence-corrected chi connectivity index (χ3v) is 5.07. The van der Waals surface area contributed by atoms with Crippen LogP contribution in [0.3, 0.4) is 0 Å². The van der Waals surface area contributed by atoms with E-state index in [0.29, 0.717) is 25.2 Å². The summed E-state index contributed by atoms with van der Waals surface area (Å²) in [5.41, 5.74) is 4.05. The quantitative estimate of drug-likeness (QED) is 0.882. The molecule has 1 saturated heterocycles. The lowest BCUT2D eigenvalue weighted by molar-refractivity contribution is -0.128. The van der Waals surface area contributed by atoms with E-state index in [9.17, 15) is 10.1 Å². The number of benzene rings is 1. The molecule has 1 aliphatic rings. The van der Waals surface area contributed by atoms with Crippen molar-refractivity contribution in [3.63, 3.8) is 0 Å². The lowest BCUT2D eigenvalue weighted by Gasteiger charge is -2.25. The lowest BCUT2D eigenvalue weighted by atomic mass is 10.1. The second-order valence-corrected chi connectivity index (χ2v) is 6.60. The van der Waals surface area contributed by atoms with Crippen LogP contribution in [0, 0.1) is 18.3 Å². The maximum Gasteiger partial charge on any atom is 0.222 e. The molecule has 0 radical (unpaired) electrons. The Hall–Kier alpha value is -2.58. The molecule has 25 heavy (non-hydrogen) atoms. The number of hydrogen-bond donors (Lipinski definition) is 1. The minimum Gasteiger partial charge on any atom is -0.341 e. The molecule has 5 heteroatoms. The Morgan fingerprint density at radius 2 is 2.08 bits per heavy atom. The van der Waals surface area contributed by atoms with Gasteiger partial charge in [0.25, 0.3) is 0 Å². The fraction of sp³-hybridized carbons (Fsp3) is 0.400. The maximum absolute atomic E-state index is 12.0. The summed E-state index contributed by atoms with van der Waals surface area (Å²) in [6.07, 6.45) is 1.61. The van der Waals surface area contributed by atoms with E-state index in [4.69, 9.17) is 0 Å². The number of rotatable bonds is 6. The van der Waals surface area contributed by atoms with Gasteiger partial charge in [-0.1, -0.05) is 30.3 Å². The number of hydrogen-bond acceptors (Lipinski definition) is 3. The molecule has 1 aromatic heterocycles. The first-order valence-electron chi connectivity index (χ1n) is 8.71. The van der Waals surface area contributed by atoms with Gasteiger partial charge in [-0.05, 0) is 30.5 Å². The summed E-state index contributed by atoms with van der Waals surface area (Å²) in [5, 5.41) is 12.8. The van der Waals surface area contributed by atoms with Crippen LogP contribution in [0.1, 0.15) is 41.4 Å². The van der Waals surface area contributed by atoms with Gasteiger partial charge >= 0.3 is 0 Å². The first kappa shape index (κ1) is 17.2. The fourth-order valence-electron chi connectivity index (χ4n) is 3.37. The van der Waals surface area contributed by atoms with Crippen molar-refractivity contribution >= 4 is 5.91 Å². The van der Waals surface area contributed by atoms with Crippen LogP contribution in [0.15, 0.2) is 36.4 Å². The maximum atomic E-state index is 12.0. The van der Waals surface area contributed by atoms with E-state index in [-0.39, 0.29) is 11.9 Å². The van der Waals surface area contributed by atoms with Gasteiger partial charge in [0.15, 0.2) is 0 Å². The number of aromatic nitrogens is 1. The van der Waals surface area contributed by atoms with E-state index >= 15 is 0 Å². The number of likely N-dealkylation sites (tertiary alicyclic amines) is 1. The fourth-order valence-corrected chi connectivity index (χ4v) is 3.37. The molecule has 1 aliphatic heterocycles. The standard InChI is InChI=1S/C20H24N4O/c1-15-17(11-18(12-21)23(15)2)13-22-19(16-7-4-3-5-8-16)14-24-10-6-9-20(24)25/h3-5,7-8,11,19,22H,6,9-10,13-14H2,1-2H3/t19-/m1/s1. The zero-order valence-corrected chi connectivity index (χ0v) is 14.8. The van der Waals surface area contributed by atoms with Crippen LogP contribution in [-0.2, 0) is 18.4 Å². The molecule has 1 atom stereocenters. The van der Waals surface area contributed by atoms with Crippen LogP contribution in [0.2, 0.25) is 0 Å². The summed E-state index contributed by atoms with van der Waals surface area (Å²) in [5.74, 6) is 0.241. The zero-order valence-electron chi connectivity index (χ0n) is 14.8. The smallest absolute Gasteiger partial charge is 0.222 e. The summed E-state index contributed by atoms with van der Waals surface area (Å²) in [4.78, 5) is 14.0. The number of nitrogens with zero attached hydrogens (tertiary/aromatic N) is 3. The van der Waals surface area contributed by atoms with E-state index in [1.54, 1.807) is 0 Å². The normalized spacial score (nSPS) is 15.4. The second-order valence-electron chi connectivity index (χ2n) is 6.60. The van der Waals surface area contributed by atoms with Gasteiger partial charge in [-0.15, -0.1) is 0 Å². The molecule has 1 amide bonds. The molecule has 0 spiro atoms. The highest BCUT2D eigenvalue weighted by Crippen LogP contribution is 2.20. The van der Waals surface area contributed by atoms with E-state index in [2.05, 4.69) is 23.5 Å². The van der Waals surface area contributed by atoms with Crippen molar-refractivity contribution in [2.75, 3.05) is 13.1 Å². The predicted octanol–water partition coefficient (Wildman–Crippen LogP) is 2.66. The molecule has 0 bridgehead atoms. The van der Waals surface area contributed by atoms with Crippen LogP contribution in [0.25, 0.3) is 0 Å². The number of amides is 1. The molecule has 3 rings (SSSR count). The Kier molecular flexibility index (Phi) is 5.20. The Morgan fingerprint density at radius 3 is 2.68 bits per heavy atom. The monoisotopic (exact) mass is 336 g/mol. The molecular weight excluding hydrogens is 312 g/mol. The van der Waals surface area contributed by atoms with Crippen molar-refractivity contribution < 1.29 is 4.79 Å². The summed E-state index contributed by atoms with van der Waals surface area (Å²) in [7, 11) is 1.91. The van der Waals surface area contributed by atoms with Crippen LogP contribution in [0.4, 0.5) is 0 Å². The van der Waals surface area contributed by atoms with Gasteiger partial charge in [0.2, 0.25) is 5.91 Å². The van der Waals surface area contributed by atoms with Gasteiger partial charge in [0.05, 0.1) is 6.04 Å². The van der Waals surface area contributed by atoms with Gasteiger partial charge in [0, 0.05) is 38.8 Å². The van der Waals surface area contributed by atoms with Crippen molar-refractivity contribution in [1.82, 2.24) is 14.8 Å². The van der Waals surface area contributed by atoms with Crippen molar-refractivity contribution in [3.8, 4) is 6.07 Å². The predicted molar refractivity (Wildman–Crippen MR) is 96.7 cm³/mol. The molecular formula is C20H24N4O. The summed E-state index contributed by atoms with van der Waals surface area (Å²) < 4.78 is 1.92. The van der Waals surface area contributed by atoms with Crippen LogP contribution < -0.4 is 5.32 Å². The molecule has 0 saturated carbocycles. The summed E-state index contributed by atoms with van der Waals surface area (Å²) in [6, 6.07) is 14.5.